The Morgan fingerprint density at radius 2 is 2.06 bits per heavy atom. The number of nitrogens with one attached hydrogen (secondary N) is 1. The van der Waals surface area contributed by atoms with E-state index < -0.39 is 12.2 Å². The Hall–Kier alpha value is -2.91. The van der Waals surface area contributed by atoms with Gasteiger partial charge in [-0.1, -0.05) is 17.7 Å². The van der Waals surface area contributed by atoms with Gasteiger partial charge in [0.15, 0.2) is 0 Å². The number of benzene rings is 1. The van der Waals surface area contributed by atoms with Gasteiger partial charge in [0.2, 0.25) is 5.95 Å². The number of nitrogens with two attached hydrogens (primary N) is 1. The Balaban J connectivity index is 1.52. The molecule has 6 rings (SSSR count). The molecular formula is C22H23ClFN7O. The molecule has 2 bridgehead atoms. The van der Waals surface area contributed by atoms with Crippen LogP contribution < -0.4 is 16.2 Å². The molecule has 5 heterocycles. The topological polar surface area (TPSA) is 97.8 Å². The van der Waals surface area contributed by atoms with Crippen LogP contribution in [0.15, 0.2) is 29.3 Å². The zero-order valence-electron chi connectivity index (χ0n) is 17.7. The molecule has 2 aliphatic heterocycles. The van der Waals surface area contributed by atoms with Gasteiger partial charge in [-0.3, -0.25) is 14.0 Å². The third kappa shape index (κ3) is 2.61. The largest absolute Gasteiger partial charge is 0.345 e. The summed E-state index contributed by atoms with van der Waals surface area (Å²) in [6, 6.07) is 3.03. The molecule has 32 heavy (non-hydrogen) atoms. The van der Waals surface area contributed by atoms with Gasteiger partial charge < -0.3 is 15.6 Å². The van der Waals surface area contributed by atoms with Gasteiger partial charge in [-0.15, -0.1) is 0 Å². The van der Waals surface area contributed by atoms with E-state index in [0.717, 1.165) is 22.9 Å². The lowest BCUT2D eigenvalue weighted by Gasteiger charge is -2.41. The number of H-pyrrole nitrogens is 1. The fourth-order valence-corrected chi connectivity index (χ4v) is 5.79. The third-order valence-corrected chi connectivity index (χ3v) is 7.42. The van der Waals surface area contributed by atoms with Crippen molar-refractivity contribution in [1.29, 1.82) is 0 Å². The lowest BCUT2D eigenvalue weighted by atomic mass is 9.96. The van der Waals surface area contributed by atoms with Gasteiger partial charge in [-0.25, -0.2) is 4.39 Å². The van der Waals surface area contributed by atoms with Crippen molar-refractivity contribution >= 4 is 39.5 Å². The normalized spacial score (nSPS) is 25.3. The number of aromatic nitrogens is 5. The number of rotatable bonds is 2. The Bertz CT molecular complexity index is 1440. The molecule has 2 fully saturated rings. The zero-order valence-corrected chi connectivity index (χ0v) is 18.5. The van der Waals surface area contributed by atoms with E-state index in [1.807, 2.05) is 30.3 Å². The van der Waals surface area contributed by atoms with E-state index in [1.54, 1.807) is 17.9 Å². The standard InChI is InChI=1S/C22H23ClFN7O/c1-29-9-13-15(28-29)5-4-11(18(13)23)12-8-26-20-17(12)21(32)30(2)22(27-20)31-10-3-6-16(31)19(24)14(25)7-10/h4-5,8-10,14,16,19,26H,3,6-7,25H2,1-2H3/t10-,14+,16+,19+/m1/s1. The van der Waals surface area contributed by atoms with E-state index in [0.29, 0.717) is 40.4 Å². The number of alkyl halides is 1. The van der Waals surface area contributed by atoms with E-state index >= 15 is 0 Å². The number of hydrogen-bond donors (Lipinski definition) is 2. The summed E-state index contributed by atoms with van der Waals surface area (Å²) >= 11 is 6.71. The van der Waals surface area contributed by atoms with Crippen molar-refractivity contribution in [3.05, 3.63) is 39.9 Å². The van der Waals surface area contributed by atoms with Crippen molar-refractivity contribution in [3.8, 4) is 11.1 Å². The van der Waals surface area contributed by atoms with E-state index in [4.69, 9.17) is 22.3 Å². The van der Waals surface area contributed by atoms with Crippen LogP contribution in [0.2, 0.25) is 5.02 Å². The van der Waals surface area contributed by atoms with Crippen LogP contribution in [-0.4, -0.2) is 48.6 Å². The summed E-state index contributed by atoms with van der Waals surface area (Å²) in [6.45, 7) is 0. The lowest BCUT2D eigenvalue weighted by molar-refractivity contribution is 0.202. The van der Waals surface area contributed by atoms with Crippen molar-refractivity contribution in [1.82, 2.24) is 24.3 Å². The molecule has 4 atom stereocenters. The second kappa shape index (κ2) is 6.79. The first kappa shape index (κ1) is 19.8. The highest BCUT2D eigenvalue weighted by Gasteiger charge is 2.48. The second-order valence-electron chi connectivity index (χ2n) is 8.91. The predicted molar refractivity (Wildman–Crippen MR) is 123 cm³/mol. The molecule has 2 aliphatic rings. The van der Waals surface area contributed by atoms with Gasteiger partial charge in [0.05, 0.1) is 22.0 Å². The van der Waals surface area contributed by atoms with E-state index in [9.17, 15) is 9.18 Å². The first-order valence-corrected chi connectivity index (χ1v) is 11.1. The Kier molecular flexibility index (Phi) is 4.19. The van der Waals surface area contributed by atoms with Gasteiger partial charge in [0.25, 0.3) is 5.56 Å². The molecule has 8 nitrogen and oxygen atoms in total. The van der Waals surface area contributed by atoms with Crippen LogP contribution in [0.25, 0.3) is 33.1 Å². The number of nitrogens with zero attached hydrogens (tertiary/aromatic N) is 5. The molecule has 0 radical (unpaired) electrons. The minimum absolute atomic E-state index is 0.0921. The molecule has 2 saturated heterocycles. The molecular weight excluding hydrogens is 433 g/mol. The average Bonchev–Trinajstić information content (AvgIpc) is 3.44. The predicted octanol–water partition coefficient (Wildman–Crippen LogP) is 2.88. The van der Waals surface area contributed by atoms with Crippen molar-refractivity contribution in [2.75, 3.05) is 4.90 Å². The Morgan fingerprint density at radius 3 is 2.88 bits per heavy atom. The van der Waals surface area contributed by atoms with E-state index in [-0.39, 0.29) is 17.6 Å². The highest BCUT2D eigenvalue weighted by molar-refractivity contribution is 6.38. The highest BCUT2D eigenvalue weighted by Crippen LogP contribution is 2.40. The number of fused-ring (bicyclic) bond motifs is 4. The van der Waals surface area contributed by atoms with Crippen LogP contribution in [0.1, 0.15) is 19.3 Å². The highest BCUT2D eigenvalue weighted by atomic mass is 35.5. The number of piperidine rings is 1. The maximum atomic E-state index is 14.8. The number of aromatic amines is 1. The van der Waals surface area contributed by atoms with Crippen LogP contribution in [-0.2, 0) is 14.1 Å². The lowest BCUT2D eigenvalue weighted by Crippen LogP contribution is -2.56. The molecule has 0 amide bonds. The van der Waals surface area contributed by atoms with E-state index in [1.165, 1.54) is 4.57 Å². The van der Waals surface area contributed by atoms with Crippen LogP contribution >= 0.6 is 11.6 Å². The number of anilines is 1. The third-order valence-electron chi connectivity index (χ3n) is 7.02. The van der Waals surface area contributed by atoms with Gasteiger partial charge >= 0.3 is 0 Å². The van der Waals surface area contributed by atoms with Gasteiger partial charge in [0, 0.05) is 55.1 Å². The molecule has 166 valence electrons. The van der Waals surface area contributed by atoms with Crippen molar-refractivity contribution in [3.63, 3.8) is 0 Å². The summed E-state index contributed by atoms with van der Waals surface area (Å²) in [5, 5.41) is 6.19. The van der Waals surface area contributed by atoms with Gasteiger partial charge in [-0.2, -0.15) is 10.1 Å². The van der Waals surface area contributed by atoms with Crippen molar-refractivity contribution in [2.24, 2.45) is 19.8 Å². The summed E-state index contributed by atoms with van der Waals surface area (Å²) in [4.78, 5) is 23.4. The van der Waals surface area contributed by atoms with Gasteiger partial charge in [0.1, 0.15) is 11.8 Å². The SMILES string of the molecule is Cn1cc2c(Cl)c(-c3c[nH]c4nc(N5[C@@H]6CC[C@H]5[C@@H](F)[C@@H](N)C6)n(C)c(=O)c34)ccc2n1. The summed E-state index contributed by atoms with van der Waals surface area (Å²) in [6.07, 6.45) is 4.60. The molecule has 0 spiro atoms. The average molecular weight is 456 g/mol. The van der Waals surface area contributed by atoms with Crippen LogP contribution in [0, 0.1) is 0 Å². The Labute approximate surface area is 187 Å². The molecule has 3 N–H and O–H groups in total. The van der Waals surface area contributed by atoms with Crippen molar-refractivity contribution < 1.29 is 4.39 Å². The van der Waals surface area contributed by atoms with E-state index in [2.05, 4.69) is 10.1 Å². The summed E-state index contributed by atoms with van der Waals surface area (Å²) in [5.74, 6) is 0.478. The number of halogens is 2. The molecule has 0 aliphatic carbocycles. The van der Waals surface area contributed by atoms with Crippen molar-refractivity contribution in [2.45, 2.75) is 43.6 Å². The maximum absolute atomic E-state index is 14.8. The molecule has 1 aromatic carbocycles. The Morgan fingerprint density at radius 1 is 1.25 bits per heavy atom. The minimum atomic E-state index is -1.13. The smallest absolute Gasteiger partial charge is 0.264 e. The maximum Gasteiger partial charge on any atom is 0.264 e. The second-order valence-corrected chi connectivity index (χ2v) is 9.29. The first-order chi connectivity index (χ1) is 15.3. The fraction of sp³-hybridized carbons (Fsp3) is 0.409. The fourth-order valence-electron chi connectivity index (χ4n) is 5.48. The van der Waals surface area contributed by atoms with Crippen LogP contribution in [0.3, 0.4) is 0 Å². The summed E-state index contributed by atoms with van der Waals surface area (Å²) in [7, 11) is 3.53. The monoisotopic (exact) mass is 455 g/mol. The molecule has 4 aromatic rings. The number of aryl methyl sites for hydroxylation is 1. The molecule has 0 saturated carbocycles. The van der Waals surface area contributed by atoms with Crippen LogP contribution in [0.5, 0.6) is 0 Å². The quantitative estimate of drug-likeness (QED) is 0.484. The minimum Gasteiger partial charge on any atom is -0.345 e. The zero-order chi connectivity index (χ0) is 22.3. The first-order valence-electron chi connectivity index (χ1n) is 10.7. The number of hydrogen-bond acceptors (Lipinski definition) is 5. The van der Waals surface area contributed by atoms with Crippen LogP contribution in [0.4, 0.5) is 10.3 Å². The summed E-state index contributed by atoms with van der Waals surface area (Å²) < 4.78 is 18.1. The summed E-state index contributed by atoms with van der Waals surface area (Å²) in [5.41, 5.74) is 8.47. The molecule has 3 aromatic heterocycles. The molecule has 10 heteroatoms. The van der Waals surface area contributed by atoms with Gasteiger partial charge in [-0.05, 0) is 25.3 Å². The molecule has 0 unspecified atom stereocenters.